The third-order valence-corrected chi connectivity index (χ3v) is 13.6. The number of methoxy groups -OCH3 is 1. The van der Waals surface area contributed by atoms with Crippen molar-refractivity contribution in [2.24, 2.45) is 56.2 Å². The van der Waals surface area contributed by atoms with Crippen LogP contribution in [0.1, 0.15) is 113 Å². The van der Waals surface area contributed by atoms with Crippen LogP contribution in [-0.4, -0.2) is 30.1 Å². The molecule has 0 saturated heterocycles. The summed E-state index contributed by atoms with van der Waals surface area (Å²) in [6.07, 6.45) is 9.09. The van der Waals surface area contributed by atoms with Crippen molar-refractivity contribution >= 4 is 11.8 Å². The van der Waals surface area contributed by atoms with Crippen LogP contribution >= 0.6 is 0 Å². The van der Waals surface area contributed by atoms with Gasteiger partial charge in [0.2, 0.25) is 0 Å². The van der Waals surface area contributed by atoms with Crippen molar-refractivity contribution in [3.8, 4) is 0 Å². The molecule has 0 amide bonds. The lowest BCUT2D eigenvalue weighted by Gasteiger charge is -2.72. The number of fused-ring (bicyclic) bond motifs is 7. The molecule has 0 aromatic carbocycles. The molecule has 5 aliphatic rings. The molecule has 0 aromatic heterocycles. The van der Waals surface area contributed by atoms with Crippen LogP contribution in [0.4, 0.5) is 0 Å². The first-order valence-electron chi connectivity index (χ1n) is 14.4. The average Bonchev–Trinajstić information content (AvgIpc) is 2.77. The summed E-state index contributed by atoms with van der Waals surface area (Å²) in [4.78, 5) is 27.8. The number of esters is 1. The van der Waals surface area contributed by atoms with Gasteiger partial charge in [0, 0.05) is 12.3 Å². The maximum atomic E-state index is 14.4. The van der Waals surface area contributed by atoms with Gasteiger partial charge in [-0.1, -0.05) is 48.5 Å². The minimum atomic E-state index is -0.495. The largest absolute Gasteiger partial charge is 0.469 e. The molecule has 5 aliphatic carbocycles. The maximum Gasteiger partial charge on any atom is 0.312 e. The Morgan fingerprint density at radius 3 is 2.17 bits per heavy atom. The number of rotatable bonds is 1. The van der Waals surface area contributed by atoms with Crippen molar-refractivity contribution < 1.29 is 19.4 Å². The molecule has 0 spiro atoms. The predicted molar refractivity (Wildman–Crippen MR) is 137 cm³/mol. The molecule has 4 heteroatoms. The van der Waals surface area contributed by atoms with E-state index < -0.39 is 5.41 Å². The highest BCUT2D eigenvalue weighted by atomic mass is 16.5. The van der Waals surface area contributed by atoms with Gasteiger partial charge in [-0.2, -0.15) is 0 Å². The first-order valence-corrected chi connectivity index (χ1v) is 14.4. The number of Topliss-reactive ketones (excluding diaryl/α,β-unsaturated/α-hetero) is 1. The van der Waals surface area contributed by atoms with E-state index in [9.17, 15) is 14.7 Å². The second-order valence-electron chi connectivity index (χ2n) is 15.6. The highest BCUT2D eigenvalue weighted by Gasteiger charge is 2.73. The van der Waals surface area contributed by atoms with Crippen LogP contribution in [0.15, 0.2) is 0 Å². The van der Waals surface area contributed by atoms with Gasteiger partial charge < -0.3 is 9.84 Å². The fourth-order valence-corrected chi connectivity index (χ4v) is 11.3. The van der Waals surface area contributed by atoms with Gasteiger partial charge in [-0.3, -0.25) is 9.59 Å². The van der Waals surface area contributed by atoms with E-state index in [0.717, 1.165) is 57.8 Å². The number of ketones is 1. The van der Waals surface area contributed by atoms with Gasteiger partial charge in [0.05, 0.1) is 18.6 Å². The number of aliphatic hydroxyl groups is 1. The quantitative estimate of drug-likeness (QED) is 0.425. The Balaban J connectivity index is 1.59. The first-order chi connectivity index (χ1) is 16.1. The second-order valence-corrected chi connectivity index (χ2v) is 15.6. The molecule has 0 aromatic rings. The summed E-state index contributed by atoms with van der Waals surface area (Å²) in [6.45, 7) is 16.5. The average molecular weight is 487 g/mol. The summed E-state index contributed by atoms with van der Waals surface area (Å²) in [7, 11) is 1.53. The monoisotopic (exact) mass is 486 g/mol. The Bertz CT molecular complexity index is 921. The van der Waals surface area contributed by atoms with Gasteiger partial charge in [-0.05, 0) is 103 Å². The molecule has 5 saturated carbocycles. The first kappa shape index (κ1) is 25.7. The molecular weight excluding hydrogens is 436 g/mol. The molecule has 0 radical (unpaired) electrons. The summed E-state index contributed by atoms with van der Waals surface area (Å²) in [6, 6.07) is 0. The Morgan fingerprint density at radius 2 is 1.51 bits per heavy atom. The van der Waals surface area contributed by atoms with Crippen molar-refractivity contribution in [3.63, 3.8) is 0 Å². The Hall–Kier alpha value is -0.900. The maximum absolute atomic E-state index is 14.4. The van der Waals surface area contributed by atoms with E-state index in [2.05, 4.69) is 48.5 Å². The van der Waals surface area contributed by atoms with Crippen molar-refractivity contribution in [2.45, 2.75) is 119 Å². The SMILES string of the molecule is COC(=O)[C@]12CCC(C)(C)C[C@H]1[C@H]1C(=O)CC3[C@@]4(C)CC[C@H](O)C(C)(C)[C@@H]4CC[C@@]3(C)[C@]1(C)CC2. The zero-order chi connectivity index (χ0) is 25.8. The van der Waals surface area contributed by atoms with Crippen LogP contribution in [-0.2, 0) is 14.3 Å². The number of hydrogen-bond acceptors (Lipinski definition) is 4. The highest BCUT2D eigenvalue weighted by molar-refractivity contribution is 5.86. The molecule has 198 valence electrons. The molecule has 35 heavy (non-hydrogen) atoms. The zero-order valence-corrected chi connectivity index (χ0v) is 23.6. The molecule has 1 unspecified atom stereocenters. The Morgan fingerprint density at radius 1 is 0.857 bits per heavy atom. The fraction of sp³-hybridized carbons (Fsp3) is 0.935. The molecule has 1 N–H and O–H groups in total. The number of carbonyl (C=O) groups is 2. The molecule has 5 fully saturated rings. The van der Waals surface area contributed by atoms with E-state index in [1.807, 2.05) is 0 Å². The highest BCUT2D eigenvalue weighted by Crippen LogP contribution is 2.76. The molecule has 9 atom stereocenters. The van der Waals surface area contributed by atoms with E-state index in [4.69, 9.17) is 4.74 Å². The summed E-state index contributed by atoms with van der Waals surface area (Å²) < 4.78 is 5.44. The minimum absolute atomic E-state index is 0.0569. The van der Waals surface area contributed by atoms with E-state index in [1.54, 1.807) is 0 Å². The van der Waals surface area contributed by atoms with Crippen LogP contribution in [0.2, 0.25) is 0 Å². The van der Waals surface area contributed by atoms with Crippen LogP contribution in [0.3, 0.4) is 0 Å². The van der Waals surface area contributed by atoms with Gasteiger partial charge in [-0.15, -0.1) is 0 Å². The normalized spacial score (nSPS) is 52.4. The molecule has 4 nitrogen and oxygen atoms in total. The molecular formula is C31H50O4. The molecule has 0 heterocycles. The van der Waals surface area contributed by atoms with Gasteiger partial charge in [-0.25, -0.2) is 0 Å². The van der Waals surface area contributed by atoms with E-state index in [0.29, 0.717) is 24.0 Å². The van der Waals surface area contributed by atoms with Gasteiger partial charge in [0.15, 0.2) is 0 Å². The minimum Gasteiger partial charge on any atom is -0.469 e. The number of carbonyl (C=O) groups excluding carboxylic acids is 2. The van der Waals surface area contributed by atoms with Crippen LogP contribution < -0.4 is 0 Å². The van der Waals surface area contributed by atoms with Gasteiger partial charge in [0.25, 0.3) is 0 Å². The van der Waals surface area contributed by atoms with Gasteiger partial charge >= 0.3 is 5.97 Å². The van der Waals surface area contributed by atoms with Crippen LogP contribution in [0, 0.1) is 56.2 Å². The standard InChI is InChI=1S/C31H50O4/c1-26(2)13-15-31(25(34)35-8)16-14-30(7)24(19(31)18-26)20(32)17-22-28(5)11-10-23(33)27(3,4)21(28)9-12-29(22,30)6/h19,21-24,33H,9-18H2,1-8H3/t19-,21-,22?,23-,24-,28-,29+,30+,31-/m0/s1. The lowest BCUT2D eigenvalue weighted by atomic mass is 9.31. The van der Waals surface area contributed by atoms with Crippen molar-refractivity contribution in [1.82, 2.24) is 0 Å². The summed E-state index contributed by atoms with van der Waals surface area (Å²) in [5.41, 5.74) is -0.427. The zero-order valence-electron chi connectivity index (χ0n) is 23.6. The third-order valence-electron chi connectivity index (χ3n) is 13.6. The Kier molecular flexibility index (Phi) is 5.57. The number of ether oxygens (including phenoxy) is 1. The topological polar surface area (TPSA) is 63.6 Å². The molecule has 0 aliphatic heterocycles. The van der Waals surface area contributed by atoms with E-state index in [1.165, 1.54) is 7.11 Å². The van der Waals surface area contributed by atoms with Gasteiger partial charge in [0.1, 0.15) is 5.78 Å². The summed E-state index contributed by atoms with van der Waals surface area (Å²) >= 11 is 0. The lowest BCUT2D eigenvalue weighted by molar-refractivity contribution is -0.246. The van der Waals surface area contributed by atoms with Crippen LogP contribution in [0.25, 0.3) is 0 Å². The smallest absolute Gasteiger partial charge is 0.312 e. The number of aliphatic hydroxyl groups excluding tert-OH is 1. The summed E-state index contributed by atoms with van der Waals surface area (Å²) in [5, 5.41) is 10.9. The fourth-order valence-electron chi connectivity index (χ4n) is 11.3. The van der Waals surface area contributed by atoms with E-state index >= 15 is 0 Å². The van der Waals surface area contributed by atoms with E-state index in [-0.39, 0.29) is 51.0 Å². The van der Waals surface area contributed by atoms with Crippen molar-refractivity contribution in [2.75, 3.05) is 7.11 Å². The molecule has 5 rings (SSSR count). The molecule has 0 bridgehead atoms. The predicted octanol–water partition coefficient (Wildman–Crippen LogP) is 6.58. The second kappa shape index (κ2) is 7.58. The summed E-state index contributed by atoms with van der Waals surface area (Å²) in [5.74, 6) is 1.15. The number of hydrogen-bond donors (Lipinski definition) is 1. The third kappa shape index (κ3) is 3.13. The van der Waals surface area contributed by atoms with Crippen molar-refractivity contribution in [1.29, 1.82) is 0 Å². The van der Waals surface area contributed by atoms with Crippen LogP contribution in [0.5, 0.6) is 0 Å². The van der Waals surface area contributed by atoms with Crippen molar-refractivity contribution in [3.05, 3.63) is 0 Å². The lowest BCUT2D eigenvalue weighted by Crippen LogP contribution is -2.69. The Labute approximate surface area is 213 Å².